The first kappa shape index (κ1) is 11.9. The first-order valence-electron chi connectivity index (χ1n) is 5.08. The van der Waals surface area contributed by atoms with E-state index in [1.54, 1.807) is 0 Å². The number of hydrogen-bond donors (Lipinski definition) is 1. The normalized spacial score (nSPS) is 26.9. The summed E-state index contributed by atoms with van der Waals surface area (Å²) in [5.41, 5.74) is 0.798. The molecular formula is C11H18N2O2. The summed E-state index contributed by atoms with van der Waals surface area (Å²) >= 11 is 0. The minimum Gasteiger partial charge on any atom is -0.350 e. The zero-order chi connectivity index (χ0) is 11.6. The molecule has 0 bridgehead atoms. The quantitative estimate of drug-likeness (QED) is 0.669. The fourth-order valence-corrected chi connectivity index (χ4v) is 2.04. The van der Waals surface area contributed by atoms with E-state index in [1.165, 1.54) is 6.92 Å². The molecule has 1 saturated carbocycles. The van der Waals surface area contributed by atoms with Gasteiger partial charge in [0, 0.05) is 13.3 Å². The predicted octanol–water partition coefficient (Wildman–Crippen LogP) is 0.340. The maximum absolute atomic E-state index is 11.7. The second-order valence-corrected chi connectivity index (χ2v) is 4.20. The Morgan fingerprint density at radius 2 is 2.13 bits per heavy atom. The van der Waals surface area contributed by atoms with Crippen molar-refractivity contribution in [2.24, 2.45) is 0 Å². The van der Waals surface area contributed by atoms with E-state index in [0.29, 0.717) is 12.8 Å². The highest BCUT2D eigenvalue weighted by Gasteiger charge is 2.33. The van der Waals surface area contributed by atoms with Gasteiger partial charge >= 0.3 is 0 Å². The van der Waals surface area contributed by atoms with Gasteiger partial charge in [0.2, 0.25) is 5.91 Å². The number of amides is 1. The smallest absolute Gasteiger partial charge is 0.217 e. The topological polar surface area (TPSA) is 49.4 Å². The second-order valence-electron chi connectivity index (χ2n) is 4.20. The molecule has 2 atom stereocenters. The van der Waals surface area contributed by atoms with Gasteiger partial charge in [0.05, 0.1) is 12.1 Å². The summed E-state index contributed by atoms with van der Waals surface area (Å²) in [6.07, 6.45) is 1.17. The SMILES string of the molecule is C=C1C(NC(C)=O)CCC(=O)C1N(C)C. The van der Waals surface area contributed by atoms with E-state index in [9.17, 15) is 9.59 Å². The number of Topliss-reactive ketones (excluding diaryl/α,β-unsaturated/α-hetero) is 1. The molecule has 4 heteroatoms. The van der Waals surface area contributed by atoms with Crippen LogP contribution >= 0.6 is 0 Å². The number of rotatable bonds is 2. The Bertz CT molecular complexity index is 297. The van der Waals surface area contributed by atoms with Gasteiger partial charge in [-0.05, 0) is 26.1 Å². The lowest BCUT2D eigenvalue weighted by atomic mass is 9.85. The molecule has 1 aliphatic carbocycles. The first-order valence-corrected chi connectivity index (χ1v) is 5.08. The third kappa shape index (κ3) is 2.65. The molecule has 0 aromatic rings. The van der Waals surface area contributed by atoms with Gasteiger partial charge in [-0.1, -0.05) is 6.58 Å². The molecule has 84 valence electrons. The van der Waals surface area contributed by atoms with Crippen LogP contribution in [0.3, 0.4) is 0 Å². The van der Waals surface area contributed by atoms with Crippen LogP contribution in [-0.2, 0) is 9.59 Å². The minimum atomic E-state index is -0.254. The maximum Gasteiger partial charge on any atom is 0.217 e. The number of likely N-dealkylation sites (N-methyl/N-ethyl adjacent to an activating group) is 1. The van der Waals surface area contributed by atoms with Gasteiger partial charge in [-0.15, -0.1) is 0 Å². The molecule has 0 aliphatic heterocycles. The van der Waals surface area contributed by atoms with Crippen molar-refractivity contribution in [1.82, 2.24) is 10.2 Å². The van der Waals surface area contributed by atoms with Crippen molar-refractivity contribution in [3.8, 4) is 0 Å². The van der Waals surface area contributed by atoms with Crippen LogP contribution in [-0.4, -0.2) is 42.8 Å². The molecule has 1 rings (SSSR count). The van der Waals surface area contributed by atoms with E-state index in [-0.39, 0.29) is 23.8 Å². The fourth-order valence-electron chi connectivity index (χ4n) is 2.04. The summed E-state index contributed by atoms with van der Waals surface area (Å²) < 4.78 is 0. The van der Waals surface area contributed by atoms with Gasteiger partial charge in [-0.25, -0.2) is 0 Å². The van der Waals surface area contributed by atoms with Gasteiger partial charge in [0.1, 0.15) is 0 Å². The van der Waals surface area contributed by atoms with Crippen molar-refractivity contribution in [2.75, 3.05) is 14.1 Å². The Morgan fingerprint density at radius 3 is 2.60 bits per heavy atom. The molecule has 0 radical (unpaired) electrons. The van der Waals surface area contributed by atoms with Crippen molar-refractivity contribution in [1.29, 1.82) is 0 Å². The molecule has 0 saturated heterocycles. The summed E-state index contributed by atoms with van der Waals surface area (Å²) in [6, 6.07) is -0.316. The Balaban J connectivity index is 2.77. The van der Waals surface area contributed by atoms with Gasteiger partial charge in [0.25, 0.3) is 0 Å². The molecule has 4 nitrogen and oxygen atoms in total. The number of ketones is 1. The lowest BCUT2D eigenvalue weighted by Crippen LogP contribution is -2.49. The number of nitrogens with one attached hydrogen (secondary N) is 1. The largest absolute Gasteiger partial charge is 0.350 e. The zero-order valence-corrected chi connectivity index (χ0v) is 9.54. The van der Waals surface area contributed by atoms with Crippen molar-refractivity contribution in [3.05, 3.63) is 12.2 Å². The van der Waals surface area contributed by atoms with E-state index >= 15 is 0 Å². The van der Waals surface area contributed by atoms with Gasteiger partial charge in [-0.2, -0.15) is 0 Å². The molecule has 1 amide bonds. The molecular weight excluding hydrogens is 192 g/mol. The van der Waals surface area contributed by atoms with Crippen molar-refractivity contribution in [2.45, 2.75) is 31.8 Å². The van der Waals surface area contributed by atoms with E-state index < -0.39 is 0 Å². The first-order chi connectivity index (χ1) is 6.93. The molecule has 0 heterocycles. The fraction of sp³-hybridized carbons (Fsp3) is 0.636. The standard InChI is InChI=1S/C11H18N2O2/c1-7-9(12-8(2)14)5-6-10(15)11(7)13(3)4/h9,11H,1,5-6H2,2-4H3,(H,12,14). The molecule has 0 spiro atoms. The molecule has 2 unspecified atom stereocenters. The van der Waals surface area contributed by atoms with Crippen LogP contribution in [0.15, 0.2) is 12.2 Å². The van der Waals surface area contributed by atoms with Crippen molar-refractivity contribution in [3.63, 3.8) is 0 Å². The molecule has 1 fully saturated rings. The number of carbonyl (C=O) groups excluding carboxylic acids is 2. The lowest BCUT2D eigenvalue weighted by Gasteiger charge is -2.34. The van der Waals surface area contributed by atoms with Gasteiger partial charge in [0.15, 0.2) is 5.78 Å². The van der Waals surface area contributed by atoms with Crippen LogP contribution in [0.2, 0.25) is 0 Å². The van der Waals surface area contributed by atoms with Crippen LogP contribution in [0.1, 0.15) is 19.8 Å². The third-order valence-electron chi connectivity index (χ3n) is 2.68. The Hall–Kier alpha value is -1.16. The molecule has 0 aromatic carbocycles. The Kier molecular flexibility index (Phi) is 3.63. The number of carbonyl (C=O) groups is 2. The van der Waals surface area contributed by atoms with E-state index in [2.05, 4.69) is 11.9 Å². The lowest BCUT2D eigenvalue weighted by molar-refractivity contribution is -0.125. The Morgan fingerprint density at radius 1 is 1.53 bits per heavy atom. The molecule has 1 aliphatic rings. The molecule has 1 N–H and O–H groups in total. The monoisotopic (exact) mass is 210 g/mol. The highest BCUT2D eigenvalue weighted by atomic mass is 16.1. The highest BCUT2D eigenvalue weighted by Crippen LogP contribution is 2.23. The third-order valence-corrected chi connectivity index (χ3v) is 2.68. The maximum atomic E-state index is 11.7. The number of hydrogen-bond acceptors (Lipinski definition) is 3. The van der Waals surface area contributed by atoms with Crippen LogP contribution in [0.25, 0.3) is 0 Å². The molecule has 0 aromatic heterocycles. The molecule has 15 heavy (non-hydrogen) atoms. The van der Waals surface area contributed by atoms with Gasteiger partial charge in [-0.3, -0.25) is 14.5 Å². The zero-order valence-electron chi connectivity index (χ0n) is 9.54. The van der Waals surface area contributed by atoms with E-state index in [4.69, 9.17) is 0 Å². The number of nitrogens with zero attached hydrogens (tertiary/aromatic N) is 1. The summed E-state index contributed by atoms with van der Waals surface area (Å²) in [5, 5.41) is 2.82. The van der Waals surface area contributed by atoms with Crippen LogP contribution in [0.4, 0.5) is 0 Å². The van der Waals surface area contributed by atoms with Crippen LogP contribution in [0.5, 0.6) is 0 Å². The van der Waals surface area contributed by atoms with Crippen molar-refractivity contribution >= 4 is 11.7 Å². The predicted molar refractivity (Wildman–Crippen MR) is 58.5 cm³/mol. The van der Waals surface area contributed by atoms with E-state index in [1.807, 2.05) is 19.0 Å². The average Bonchev–Trinajstić information content (AvgIpc) is 2.09. The second kappa shape index (κ2) is 4.57. The summed E-state index contributed by atoms with van der Waals surface area (Å²) in [7, 11) is 3.70. The van der Waals surface area contributed by atoms with E-state index in [0.717, 1.165) is 5.57 Å². The van der Waals surface area contributed by atoms with Gasteiger partial charge < -0.3 is 5.32 Å². The van der Waals surface area contributed by atoms with Crippen LogP contribution < -0.4 is 5.32 Å². The summed E-state index contributed by atoms with van der Waals surface area (Å²) in [4.78, 5) is 24.5. The van der Waals surface area contributed by atoms with Crippen LogP contribution in [0, 0.1) is 0 Å². The summed E-state index contributed by atoms with van der Waals surface area (Å²) in [6.45, 7) is 5.41. The van der Waals surface area contributed by atoms with Crippen molar-refractivity contribution < 1.29 is 9.59 Å². The average molecular weight is 210 g/mol. The highest BCUT2D eigenvalue weighted by molar-refractivity contribution is 5.89. The Labute approximate surface area is 90.3 Å². The minimum absolute atomic E-state index is 0.0624. The summed E-state index contributed by atoms with van der Waals surface area (Å²) in [5.74, 6) is 0.111.